The van der Waals surface area contributed by atoms with Crippen molar-refractivity contribution in [3.05, 3.63) is 58.7 Å². The second kappa shape index (κ2) is 5.02. The van der Waals surface area contributed by atoms with Crippen molar-refractivity contribution in [1.82, 2.24) is 0 Å². The van der Waals surface area contributed by atoms with E-state index in [9.17, 15) is 15.0 Å². The van der Waals surface area contributed by atoms with Crippen LogP contribution in [0.2, 0.25) is 0 Å². The Bertz CT molecular complexity index is 592. The number of aryl methyl sites for hydroxylation is 1. The number of phenols is 2. The molecular formula is C15H14O4. The van der Waals surface area contributed by atoms with Crippen molar-refractivity contribution in [3.63, 3.8) is 0 Å². The molecular weight excluding hydrogens is 244 g/mol. The van der Waals surface area contributed by atoms with Gasteiger partial charge in [-0.3, -0.25) is 0 Å². The van der Waals surface area contributed by atoms with Gasteiger partial charge in [-0.15, -0.1) is 0 Å². The summed E-state index contributed by atoms with van der Waals surface area (Å²) in [5.74, 6) is -2.19. The number of aromatic carboxylic acids is 1. The van der Waals surface area contributed by atoms with Crippen LogP contribution in [0, 0.1) is 6.92 Å². The Hall–Kier alpha value is -2.49. The van der Waals surface area contributed by atoms with Gasteiger partial charge in [0.1, 0.15) is 17.1 Å². The van der Waals surface area contributed by atoms with E-state index in [0.717, 1.165) is 11.1 Å². The number of carbonyl (C=O) groups is 1. The molecule has 0 heterocycles. The second-order valence-corrected chi connectivity index (χ2v) is 4.48. The van der Waals surface area contributed by atoms with Crippen molar-refractivity contribution < 1.29 is 20.1 Å². The molecule has 4 nitrogen and oxygen atoms in total. The highest BCUT2D eigenvalue weighted by Crippen LogP contribution is 2.29. The van der Waals surface area contributed by atoms with Gasteiger partial charge in [0.15, 0.2) is 0 Å². The summed E-state index contributed by atoms with van der Waals surface area (Å²) in [4.78, 5) is 10.8. The van der Waals surface area contributed by atoms with Crippen LogP contribution in [0.5, 0.6) is 11.5 Å². The molecule has 0 aliphatic carbocycles. The summed E-state index contributed by atoms with van der Waals surface area (Å²) in [5, 5.41) is 28.1. The maximum absolute atomic E-state index is 10.8. The fourth-order valence-electron chi connectivity index (χ4n) is 1.93. The maximum atomic E-state index is 10.8. The van der Waals surface area contributed by atoms with Gasteiger partial charge in [-0.2, -0.15) is 0 Å². The van der Waals surface area contributed by atoms with Crippen LogP contribution >= 0.6 is 0 Å². The van der Waals surface area contributed by atoms with E-state index in [4.69, 9.17) is 5.11 Å². The Balaban J connectivity index is 2.32. The molecule has 0 atom stereocenters. The third kappa shape index (κ3) is 2.85. The van der Waals surface area contributed by atoms with E-state index < -0.39 is 23.0 Å². The van der Waals surface area contributed by atoms with Gasteiger partial charge < -0.3 is 15.3 Å². The van der Waals surface area contributed by atoms with Crippen LogP contribution in [-0.2, 0) is 6.42 Å². The highest BCUT2D eigenvalue weighted by Gasteiger charge is 2.16. The van der Waals surface area contributed by atoms with E-state index in [-0.39, 0.29) is 0 Å². The van der Waals surface area contributed by atoms with E-state index in [2.05, 4.69) is 0 Å². The first-order valence-corrected chi connectivity index (χ1v) is 5.81. The first-order chi connectivity index (χ1) is 8.97. The number of rotatable bonds is 3. The second-order valence-electron chi connectivity index (χ2n) is 4.48. The minimum absolute atomic E-state index is 0.422. The van der Waals surface area contributed by atoms with E-state index in [1.807, 2.05) is 31.2 Å². The lowest BCUT2D eigenvalue weighted by molar-refractivity contribution is 0.0690. The van der Waals surface area contributed by atoms with E-state index in [1.54, 1.807) is 0 Å². The molecule has 0 saturated heterocycles. The SMILES string of the molecule is Cc1ccc(Cc2cc(O)c(C(=O)O)c(O)c2)cc1. The molecule has 0 spiro atoms. The summed E-state index contributed by atoms with van der Waals surface area (Å²) in [6, 6.07) is 10.6. The van der Waals surface area contributed by atoms with E-state index in [1.165, 1.54) is 12.1 Å². The molecule has 4 heteroatoms. The molecule has 0 aromatic heterocycles. The third-order valence-electron chi connectivity index (χ3n) is 2.90. The Morgan fingerprint density at radius 2 is 1.53 bits per heavy atom. The number of hydrogen-bond donors (Lipinski definition) is 3. The third-order valence-corrected chi connectivity index (χ3v) is 2.90. The average molecular weight is 258 g/mol. The number of carboxylic acids is 1. The lowest BCUT2D eigenvalue weighted by Crippen LogP contribution is -1.99. The van der Waals surface area contributed by atoms with Gasteiger partial charge in [0.2, 0.25) is 0 Å². The van der Waals surface area contributed by atoms with Crippen molar-refractivity contribution in [1.29, 1.82) is 0 Å². The average Bonchev–Trinajstić information content (AvgIpc) is 2.30. The van der Waals surface area contributed by atoms with Gasteiger partial charge in [0, 0.05) is 0 Å². The minimum atomic E-state index is -1.35. The summed E-state index contributed by atoms with van der Waals surface area (Å²) in [6.45, 7) is 1.99. The molecule has 3 N–H and O–H groups in total. The van der Waals surface area contributed by atoms with Crippen molar-refractivity contribution in [2.24, 2.45) is 0 Å². The lowest BCUT2D eigenvalue weighted by Gasteiger charge is -2.07. The first-order valence-electron chi connectivity index (χ1n) is 5.81. The van der Waals surface area contributed by atoms with Crippen LogP contribution < -0.4 is 0 Å². The fourth-order valence-corrected chi connectivity index (χ4v) is 1.93. The molecule has 0 aliphatic rings. The summed E-state index contributed by atoms with van der Waals surface area (Å²) >= 11 is 0. The molecule has 2 aromatic rings. The molecule has 0 fully saturated rings. The molecule has 0 amide bonds. The Morgan fingerprint density at radius 1 is 1.00 bits per heavy atom. The van der Waals surface area contributed by atoms with E-state index in [0.29, 0.717) is 12.0 Å². The van der Waals surface area contributed by atoms with Crippen LogP contribution in [-0.4, -0.2) is 21.3 Å². The van der Waals surface area contributed by atoms with Crippen LogP contribution in [0.15, 0.2) is 36.4 Å². The van der Waals surface area contributed by atoms with Crippen molar-refractivity contribution in [2.75, 3.05) is 0 Å². The minimum Gasteiger partial charge on any atom is -0.507 e. The summed E-state index contributed by atoms with van der Waals surface area (Å²) < 4.78 is 0. The molecule has 0 radical (unpaired) electrons. The van der Waals surface area contributed by atoms with Gasteiger partial charge >= 0.3 is 5.97 Å². The predicted molar refractivity (Wildman–Crippen MR) is 70.7 cm³/mol. The molecule has 0 bridgehead atoms. The van der Waals surface area contributed by atoms with Gasteiger partial charge in [-0.25, -0.2) is 4.79 Å². The largest absolute Gasteiger partial charge is 0.507 e. The van der Waals surface area contributed by atoms with Crippen LogP contribution in [0.25, 0.3) is 0 Å². The zero-order chi connectivity index (χ0) is 14.0. The number of aromatic hydroxyl groups is 2. The van der Waals surface area contributed by atoms with Gasteiger partial charge in [-0.05, 0) is 36.6 Å². The molecule has 98 valence electrons. The van der Waals surface area contributed by atoms with Gasteiger partial charge in [0.05, 0.1) is 0 Å². The number of benzene rings is 2. The topological polar surface area (TPSA) is 77.8 Å². The Morgan fingerprint density at radius 3 is 2.00 bits per heavy atom. The Kier molecular flexibility index (Phi) is 3.42. The first kappa shape index (κ1) is 13.0. The normalized spacial score (nSPS) is 10.4. The number of hydrogen-bond acceptors (Lipinski definition) is 3. The maximum Gasteiger partial charge on any atom is 0.343 e. The summed E-state index contributed by atoms with van der Waals surface area (Å²) in [5.41, 5.74) is 2.36. The molecule has 2 rings (SSSR count). The van der Waals surface area contributed by atoms with Crippen molar-refractivity contribution >= 4 is 5.97 Å². The Labute approximate surface area is 110 Å². The highest BCUT2D eigenvalue weighted by atomic mass is 16.4. The molecule has 0 unspecified atom stereocenters. The molecule has 19 heavy (non-hydrogen) atoms. The van der Waals surface area contributed by atoms with Crippen LogP contribution in [0.4, 0.5) is 0 Å². The quantitative estimate of drug-likeness (QED) is 0.791. The highest BCUT2D eigenvalue weighted by molar-refractivity contribution is 5.94. The lowest BCUT2D eigenvalue weighted by atomic mass is 10.0. The standard InChI is InChI=1S/C15H14O4/c1-9-2-4-10(5-3-9)6-11-7-12(16)14(15(18)19)13(17)8-11/h2-5,7-8,16-17H,6H2,1H3,(H,18,19). The fraction of sp³-hybridized carbons (Fsp3) is 0.133. The van der Waals surface area contributed by atoms with Crippen LogP contribution in [0.3, 0.4) is 0 Å². The summed E-state index contributed by atoms with van der Waals surface area (Å²) in [7, 11) is 0. The van der Waals surface area contributed by atoms with Crippen LogP contribution in [0.1, 0.15) is 27.0 Å². The molecule has 0 saturated carbocycles. The van der Waals surface area contributed by atoms with Crippen molar-refractivity contribution in [3.8, 4) is 11.5 Å². The zero-order valence-corrected chi connectivity index (χ0v) is 10.4. The van der Waals surface area contributed by atoms with E-state index >= 15 is 0 Å². The van der Waals surface area contributed by atoms with Crippen molar-refractivity contribution in [2.45, 2.75) is 13.3 Å². The predicted octanol–water partition coefficient (Wildman–Crippen LogP) is 2.70. The van der Waals surface area contributed by atoms with Gasteiger partial charge in [0.25, 0.3) is 0 Å². The zero-order valence-electron chi connectivity index (χ0n) is 10.4. The smallest absolute Gasteiger partial charge is 0.343 e. The summed E-state index contributed by atoms with van der Waals surface area (Å²) in [6.07, 6.45) is 0.515. The molecule has 0 aliphatic heterocycles. The molecule has 2 aromatic carbocycles. The van der Waals surface area contributed by atoms with Gasteiger partial charge in [-0.1, -0.05) is 29.8 Å². The number of carboxylic acid groups (broad SMARTS) is 1. The monoisotopic (exact) mass is 258 g/mol.